The van der Waals surface area contributed by atoms with Crippen molar-refractivity contribution in [2.75, 3.05) is 14.7 Å². The molecule has 11 aromatic rings. The second-order valence-corrected chi connectivity index (χ2v) is 15.6. The van der Waals surface area contributed by atoms with Crippen LogP contribution in [0.5, 0.6) is 0 Å². The number of para-hydroxylation sites is 5. The van der Waals surface area contributed by atoms with Crippen LogP contribution in [0, 0.1) is 0 Å². The SMILES string of the molecule is c1ccc(N(c2ccccc2)c2ccc3oc4cc(N(c5ccccc5)c5cccc6c5sc5ccccc56)cc(N(c5ccccc5)c5ccccc5)c4c3c2)cc1. The lowest BCUT2D eigenvalue weighted by atomic mass is 10.0. The zero-order valence-corrected chi connectivity index (χ0v) is 32.8. The molecule has 59 heavy (non-hydrogen) atoms. The predicted molar refractivity (Wildman–Crippen MR) is 251 cm³/mol. The first-order valence-corrected chi connectivity index (χ1v) is 20.7. The maximum absolute atomic E-state index is 6.99. The molecule has 0 fully saturated rings. The average Bonchev–Trinajstić information content (AvgIpc) is 3.87. The lowest BCUT2D eigenvalue weighted by Gasteiger charge is -2.30. The molecule has 2 aromatic heterocycles. The Morgan fingerprint density at radius 3 is 1.37 bits per heavy atom. The molecule has 0 unspecified atom stereocenters. The van der Waals surface area contributed by atoms with E-state index in [1.54, 1.807) is 0 Å². The molecule has 0 aliphatic carbocycles. The fourth-order valence-corrected chi connectivity index (χ4v) is 9.60. The van der Waals surface area contributed by atoms with Crippen molar-refractivity contribution in [2.45, 2.75) is 0 Å². The highest BCUT2D eigenvalue weighted by Crippen LogP contribution is 2.50. The third-order valence-corrected chi connectivity index (χ3v) is 12.2. The van der Waals surface area contributed by atoms with Crippen LogP contribution in [-0.2, 0) is 0 Å². The van der Waals surface area contributed by atoms with Crippen molar-refractivity contribution >= 4 is 105 Å². The van der Waals surface area contributed by atoms with E-state index in [0.29, 0.717) is 0 Å². The van der Waals surface area contributed by atoms with Gasteiger partial charge in [0.25, 0.3) is 0 Å². The Labute approximate surface area is 346 Å². The van der Waals surface area contributed by atoms with Crippen molar-refractivity contribution in [3.8, 4) is 0 Å². The fraction of sp³-hybridized carbons (Fsp3) is 0. The van der Waals surface area contributed by atoms with Crippen LogP contribution in [0.2, 0.25) is 0 Å². The van der Waals surface area contributed by atoms with Crippen LogP contribution in [0.15, 0.2) is 229 Å². The van der Waals surface area contributed by atoms with Crippen molar-refractivity contribution in [1.82, 2.24) is 0 Å². The predicted octanol–water partition coefficient (Wildman–Crippen LogP) is 16.4. The normalized spacial score (nSPS) is 11.4. The van der Waals surface area contributed by atoms with Crippen LogP contribution in [0.25, 0.3) is 42.1 Å². The summed E-state index contributed by atoms with van der Waals surface area (Å²) in [5.41, 5.74) is 11.1. The van der Waals surface area contributed by atoms with E-state index in [4.69, 9.17) is 4.42 Å². The van der Waals surface area contributed by atoms with Gasteiger partial charge in [-0.2, -0.15) is 0 Å². The maximum atomic E-state index is 6.99. The molecule has 0 spiro atoms. The lowest BCUT2D eigenvalue weighted by molar-refractivity contribution is 0.669. The van der Waals surface area contributed by atoms with E-state index >= 15 is 0 Å². The Hall–Kier alpha value is -7.60. The number of benzene rings is 9. The molecule has 0 aliphatic heterocycles. The van der Waals surface area contributed by atoms with Crippen LogP contribution in [0.1, 0.15) is 0 Å². The highest BCUT2D eigenvalue weighted by atomic mass is 32.1. The Balaban J connectivity index is 1.22. The number of hydrogen-bond acceptors (Lipinski definition) is 5. The van der Waals surface area contributed by atoms with Gasteiger partial charge in [0, 0.05) is 61.0 Å². The van der Waals surface area contributed by atoms with Crippen LogP contribution < -0.4 is 14.7 Å². The highest BCUT2D eigenvalue weighted by molar-refractivity contribution is 7.26. The summed E-state index contributed by atoms with van der Waals surface area (Å²) in [7, 11) is 0. The largest absolute Gasteiger partial charge is 0.456 e. The summed E-state index contributed by atoms with van der Waals surface area (Å²) in [4.78, 5) is 7.06. The first-order chi connectivity index (χ1) is 29.3. The van der Waals surface area contributed by atoms with Crippen molar-refractivity contribution in [3.05, 3.63) is 224 Å². The smallest absolute Gasteiger partial charge is 0.139 e. The molecule has 0 N–H and O–H groups in total. The summed E-state index contributed by atoms with van der Waals surface area (Å²) in [6.07, 6.45) is 0. The molecule has 0 atom stereocenters. The molecular formula is C54H37N3OS. The highest BCUT2D eigenvalue weighted by Gasteiger charge is 2.26. The lowest BCUT2D eigenvalue weighted by Crippen LogP contribution is -2.13. The zero-order valence-electron chi connectivity index (χ0n) is 32.0. The summed E-state index contributed by atoms with van der Waals surface area (Å²) in [5.74, 6) is 0. The molecule has 0 bridgehead atoms. The molecule has 5 heteroatoms. The summed E-state index contributed by atoms with van der Waals surface area (Å²) >= 11 is 1.84. The van der Waals surface area contributed by atoms with Gasteiger partial charge in [0.15, 0.2) is 0 Å². The standard InChI is InChI=1S/C54H37N3OS/c1-6-19-38(20-7-1)55(39-21-8-2-9-22-39)43-33-34-50-47(35-43)53-49(56(40-23-10-3-11-24-40)41-25-12-4-13-26-41)36-44(37-51(53)58-50)57(42-27-14-5-15-28-42)48-31-18-30-46-45-29-16-17-32-52(45)59-54(46)48/h1-37H. The first-order valence-electron chi connectivity index (χ1n) is 19.8. The van der Waals surface area contributed by atoms with Crippen molar-refractivity contribution in [3.63, 3.8) is 0 Å². The van der Waals surface area contributed by atoms with E-state index < -0.39 is 0 Å². The Kier molecular flexibility index (Phi) is 8.64. The minimum absolute atomic E-state index is 0.803. The Bertz CT molecular complexity index is 3140. The van der Waals surface area contributed by atoms with Gasteiger partial charge in [-0.15, -0.1) is 11.3 Å². The van der Waals surface area contributed by atoms with Crippen LogP contribution in [-0.4, -0.2) is 0 Å². The quantitative estimate of drug-likeness (QED) is 0.146. The summed E-state index contributed by atoms with van der Waals surface area (Å²) in [6, 6.07) is 79.6. The molecule has 4 nitrogen and oxygen atoms in total. The van der Waals surface area contributed by atoms with Crippen molar-refractivity contribution in [1.29, 1.82) is 0 Å². The molecule has 9 aromatic carbocycles. The van der Waals surface area contributed by atoms with Gasteiger partial charge in [0.1, 0.15) is 11.2 Å². The molecule has 0 saturated heterocycles. The van der Waals surface area contributed by atoms with E-state index in [1.165, 1.54) is 20.2 Å². The van der Waals surface area contributed by atoms with Gasteiger partial charge < -0.3 is 19.1 Å². The fourth-order valence-electron chi connectivity index (χ4n) is 8.40. The van der Waals surface area contributed by atoms with E-state index in [-0.39, 0.29) is 0 Å². The first kappa shape index (κ1) is 34.6. The zero-order chi connectivity index (χ0) is 39.1. The number of furan rings is 1. The van der Waals surface area contributed by atoms with Gasteiger partial charge in [0.05, 0.1) is 27.1 Å². The molecule has 0 radical (unpaired) electrons. The van der Waals surface area contributed by atoms with Gasteiger partial charge in [-0.25, -0.2) is 0 Å². The van der Waals surface area contributed by atoms with Gasteiger partial charge in [-0.3, -0.25) is 0 Å². The van der Waals surface area contributed by atoms with Crippen LogP contribution in [0.3, 0.4) is 0 Å². The monoisotopic (exact) mass is 775 g/mol. The second-order valence-electron chi connectivity index (χ2n) is 14.6. The minimum atomic E-state index is 0.803. The second kappa shape index (κ2) is 14.7. The summed E-state index contributed by atoms with van der Waals surface area (Å²) in [6.45, 7) is 0. The number of anilines is 9. The van der Waals surface area contributed by atoms with Gasteiger partial charge in [-0.1, -0.05) is 121 Å². The maximum Gasteiger partial charge on any atom is 0.139 e. The number of hydrogen-bond donors (Lipinski definition) is 0. The molecular weight excluding hydrogens is 739 g/mol. The summed E-state index contributed by atoms with van der Waals surface area (Å²) in [5, 5.41) is 4.59. The van der Waals surface area contributed by atoms with Crippen LogP contribution in [0.4, 0.5) is 51.2 Å². The molecule has 2 heterocycles. The number of nitrogens with zero attached hydrogens (tertiary/aromatic N) is 3. The van der Waals surface area contributed by atoms with E-state index in [0.717, 1.165) is 73.1 Å². The van der Waals surface area contributed by atoms with E-state index in [9.17, 15) is 0 Å². The molecule has 11 rings (SSSR count). The van der Waals surface area contributed by atoms with Crippen molar-refractivity contribution < 1.29 is 4.42 Å². The topological polar surface area (TPSA) is 22.9 Å². The number of rotatable bonds is 9. The Morgan fingerprint density at radius 1 is 0.305 bits per heavy atom. The third-order valence-electron chi connectivity index (χ3n) is 11.0. The molecule has 280 valence electrons. The summed E-state index contributed by atoms with van der Waals surface area (Å²) < 4.78 is 9.49. The number of thiophene rings is 1. The van der Waals surface area contributed by atoms with E-state index in [1.807, 2.05) is 11.3 Å². The van der Waals surface area contributed by atoms with Crippen LogP contribution >= 0.6 is 11.3 Å². The van der Waals surface area contributed by atoms with Gasteiger partial charge >= 0.3 is 0 Å². The van der Waals surface area contributed by atoms with Gasteiger partial charge in [0.2, 0.25) is 0 Å². The van der Waals surface area contributed by atoms with E-state index in [2.05, 4.69) is 239 Å². The number of fused-ring (bicyclic) bond motifs is 6. The Morgan fingerprint density at radius 2 is 0.797 bits per heavy atom. The third kappa shape index (κ3) is 6.16. The molecule has 0 saturated carbocycles. The average molecular weight is 776 g/mol. The molecule has 0 aliphatic rings. The van der Waals surface area contributed by atoms with Gasteiger partial charge in [-0.05, 0) is 97.1 Å². The van der Waals surface area contributed by atoms with Crippen molar-refractivity contribution in [2.24, 2.45) is 0 Å². The minimum Gasteiger partial charge on any atom is -0.456 e. The molecule has 0 amide bonds.